The molecule has 0 saturated carbocycles. The van der Waals surface area contributed by atoms with Crippen LogP contribution in [0.25, 0.3) is 10.9 Å². The average Bonchev–Trinajstić information content (AvgIpc) is 3.24. The number of amides is 2. The van der Waals surface area contributed by atoms with Crippen molar-refractivity contribution >= 4 is 34.1 Å². The number of benzene rings is 2. The number of H-pyrrole nitrogens is 1. The second-order valence-electron chi connectivity index (χ2n) is 7.39. The van der Waals surface area contributed by atoms with E-state index >= 15 is 0 Å². The highest BCUT2D eigenvalue weighted by atomic mass is 16.6. The number of non-ortho nitro benzene ring substituents is 1. The number of aromatic amines is 1. The summed E-state index contributed by atoms with van der Waals surface area (Å²) in [5.74, 6) is -0.396. The van der Waals surface area contributed by atoms with E-state index in [1.165, 1.54) is 6.07 Å². The van der Waals surface area contributed by atoms with Gasteiger partial charge in [-0.05, 0) is 18.2 Å². The molecule has 0 unspecified atom stereocenters. The van der Waals surface area contributed by atoms with Crippen LogP contribution in [0.5, 0.6) is 0 Å². The molecule has 160 valence electrons. The van der Waals surface area contributed by atoms with Crippen LogP contribution in [0, 0.1) is 10.1 Å². The van der Waals surface area contributed by atoms with Gasteiger partial charge in [0.05, 0.1) is 4.92 Å². The number of nitrogens with one attached hydrogen (secondary N) is 2. The highest BCUT2D eigenvalue weighted by Crippen LogP contribution is 2.25. The fraction of sp³-hybridized carbons (Fsp3) is 0.273. The van der Waals surface area contributed by atoms with Gasteiger partial charge < -0.3 is 20.1 Å². The molecule has 4 rings (SSSR count). The third kappa shape index (κ3) is 4.50. The maximum Gasteiger partial charge on any atom is 0.293 e. The molecule has 2 heterocycles. The highest BCUT2D eigenvalue weighted by Gasteiger charge is 2.21. The van der Waals surface area contributed by atoms with Crippen molar-refractivity contribution in [2.45, 2.75) is 6.42 Å². The molecule has 2 amide bonds. The molecule has 0 spiro atoms. The number of piperazine rings is 1. The lowest BCUT2D eigenvalue weighted by Gasteiger charge is -2.36. The zero-order chi connectivity index (χ0) is 21.8. The van der Waals surface area contributed by atoms with Crippen LogP contribution in [0.4, 0.5) is 11.4 Å². The molecule has 2 N–H and O–H groups in total. The van der Waals surface area contributed by atoms with Crippen molar-refractivity contribution in [2.75, 3.05) is 37.6 Å². The molecule has 0 atom stereocenters. The fourth-order valence-electron chi connectivity index (χ4n) is 3.80. The summed E-state index contributed by atoms with van der Waals surface area (Å²) < 4.78 is 0. The summed E-state index contributed by atoms with van der Waals surface area (Å²) in [4.78, 5) is 42.4. The second-order valence-corrected chi connectivity index (χ2v) is 7.39. The van der Waals surface area contributed by atoms with E-state index in [2.05, 4.69) is 27.3 Å². The minimum absolute atomic E-state index is 0.000274. The minimum atomic E-state index is -0.489. The molecule has 1 aliphatic rings. The number of rotatable bonds is 6. The Morgan fingerprint density at radius 2 is 1.77 bits per heavy atom. The molecular weight excluding hydrogens is 398 g/mol. The third-order valence-electron chi connectivity index (χ3n) is 5.45. The number of hydrogen-bond acceptors (Lipinski definition) is 5. The molecule has 0 aliphatic carbocycles. The molecule has 3 aromatic rings. The normalized spacial score (nSPS) is 13.9. The third-order valence-corrected chi connectivity index (χ3v) is 5.45. The number of carbonyl (C=O) groups excluding carboxylic acids is 2. The van der Waals surface area contributed by atoms with Crippen LogP contribution < -0.4 is 10.2 Å². The Morgan fingerprint density at radius 1 is 1.03 bits per heavy atom. The number of anilines is 1. The molecule has 9 nitrogen and oxygen atoms in total. The Hall–Kier alpha value is -3.88. The van der Waals surface area contributed by atoms with Crippen LogP contribution >= 0.6 is 0 Å². The van der Waals surface area contributed by atoms with Crippen molar-refractivity contribution in [1.29, 1.82) is 0 Å². The first-order valence-corrected chi connectivity index (χ1v) is 10.1. The van der Waals surface area contributed by atoms with Crippen LogP contribution in [-0.4, -0.2) is 59.3 Å². The van der Waals surface area contributed by atoms with E-state index in [1.54, 1.807) is 18.2 Å². The zero-order valence-electron chi connectivity index (χ0n) is 16.9. The molecule has 0 radical (unpaired) electrons. The number of nitrogens with zero attached hydrogens (tertiary/aromatic N) is 3. The maximum atomic E-state index is 12.5. The number of aromatic nitrogens is 1. The van der Waals surface area contributed by atoms with Gasteiger partial charge in [0.1, 0.15) is 11.2 Å². The molecular formula is C22H23N5O4. The first-order valence-electron chi connectivity index (χ1n) is 10.1. The van der Waals surface area contributed by atoms with Crippen LogP contribution in [0.1, 0.15) is 16.9 Å². The lowest BCUT2D eigenvalue weighted by Crippen LogP contribution is -2.49. The molecule has 2 aromatic carbocycles. The van der Waals surface area contributed by atoms with Gasteiger partial charge in [-0.2, -0.15) is 0 Å². The van der Waals surface area contributed by atoms with E-state index in [1.807, 2.05) is 23.1 Å². The summed E-state index contributed by atoms with van der Waals surface area (Å²) in [5, 5.41) is 14.4. The topological polar surface area (TPSA) is 112 Å². The first-order chi connectivity index (χ1) is 15.0. The lowest BCUT2D eigenvalue weighted by molar-refractivity contribution is -0.383. The number of para-hydroxylation sites is 2. The summed E-state index contributed by atoms with van der Waals surface area (Å²) in [6, 6.07) is 16.3. The monoisotopic (exact) mass is 421 g/mol. The van der Waals surface area contributed by atoms with E-state index in [4.69, 9.17) is 0 Å². The van der Waals surface area contributed by atoms with Gasteiger partial charge in [-0.25, -0.2) is 0 Å². The van der Waals surface area contributed by atoms with Gasteiger partial charge in [-0.3, -0.25) is 19.7 Å². The van der Waals surface area contributed by atoms with Gasteiger partial charge in [-0.1, -0.05) is 30.3 Å². The van der Waals surface area contributed by atoms with Gasteiger partial charge in [0.15, 0.2) is 0 Å². The number of nitro groups is 1. The largest absolute Gasteiger partial charge is 0.368 e. The second kappa shape index (κ2) is 8.86. The number of fused-ring (bicyclic) bond motifs is 1. The lowest BCUT2D eigenvalue weighted by atomic mass is 10.2. The summed E-state index contributed by atoms with van der Waals surface area (Å²) in [7, 11) is 0. The SMILES string of the molecule is O=C(NCCC(=O)N1CCN(c2ccccc2)CC1)c1cc2cccc([N+](=O)[O-])c2[nH]1. The van der Waals surface area contributed by atoms with Crippen molar-refractivity contribution in [1.82, 2.24) is 15.2 Å². The molecule has 0 bridgehead atoms. The molecule has 1 fully saturated rings. The van der Waals surface area contributed by atoms with Gasteiger partial charge in [0.2, 0.25) is 5.91 Å². The standard InChI is InChI=1S/C22H23N5O4/c28-20(26-13-11-25(12-14-26)17-6-2-1-3-7-17)9-10-23-22(29)18-15-16-5-4-8-19(27(30)31)21(16)24-18/h1-8,15,24H,9-14H2,(H,23,29). The predicted octanol–water partition coefficient (Wildman–Crippen LogP) is 2.54. The van der Waals surface area contributed by atoms with E-state index in [-0.39, 0.29) is 30.3 Å². The molecule has 1 aromatic heterocycles. The molecule has 1 saturated heterocycles. The van der Waals surface area contributed by atoms with Gasteiger partial charge in [-0.15, -0.1) is 0 Å². The number of nitro benzene ring substituents is 1. The Kier molecular flexibility index (Phi) is 5.83. The smallest absolute Gasteiger partial charge is 0.293 e. The average molecular weight is 421 g/mol. The molecule has 9 heteroatoms. The van der Waals surface area contributed by atoms with Crippen molar-refractivity contribution < 1.29 is 14.5 Å². The molecule has 31 heavy (non-hydrogen) atoms. The Bertz CT molecular complexity index is 1100. The van der Waals surface area contributed by atoms with Gasteiger partial charge in [0.25, 0.3) is 11.6 Å². The summed E-state index contributed by atoms with van der Waals surface area (Å²) >= 11 is 0. The number of carbonyl (C=O) groups is 2. The van der Waals surface area contributed by atoms with E-state index in [9.17, 15) is 19.7 Å². The van der Waals surface area contributed by atoms with Crippen LogP contribution in [0.2, 0.25) is 0 Å². The van der Waals surface area contributed by atoms with Crippen molar-refractivity contribution in [2.24, 2.45) is 0 Å². The zero-order valence-corrected chi connectivity index (χ0v) is 16.9. The Morgan fingerprint density at radius 3 is 2.48 bits per heavy atom. The van der Waals surface area contributed by atoms with E-state index in [0.29, 0.717) is 24.0 Å². The Labute approximate surface area is 178 Å². The number of hydrogen-bond donors (Lipinski definition) is 2. The van der Waals surface area contributed by atoms with Crippen LogP contribution in [0.15, 0.2) is 54.6 Å². The minimum Gasteiger partial charge on any atom is -0.368 e. The summed E-state index contributed by atoms with van der Waals surface area (Å²) in [5.41, 5.74) is 1.61. The van der Waals surface area contributed by atoms with E-state index < -0.39 is 10.8 Å². The van der Waals surface area contributed by atoms with Crippen molar-refractivity contribution in [3.8, 4) is 0 Å². The van der Waals surface area contributed by atoms with Gasteiger partial charge >= 0.3 is 0 Å². The van der Waals surface area contributed by atoms with Crippen LogP contribution in [-0.2, 0) is 4.79 Å². The highest BCUT2D eigenvalue weighted by molar-refractivity contribution is 6.00. The predicted molar refractivity (Wildman–Crippen MR) is 117 cm³/mol. The quantitative estimate of drug-likeness (QED) is 0.469. The van der Waals surface area contributed by atoms with Gasteiger partial charge in [0, 0.05) is 56.3 Å². The van der Waals surface area contributed by atoms with Crippen molar-refractivity contribution in [3.63, 3.8) is 0 Å². The maximum absolute atomic E-state index is 12.5. The first kappa shape index (κ1) is 20.4. The summed E-state index contributed by atoms with van der Waals surface area (Å²) in [6.45, 7) is 3.04. The summed E-state index contributed by atoms with van der Waals surface area (Å²) in [6.07, 6.45) is 0.206. The van der Waals surface area contributed by atoms with Crippen LogP contribution in [0.3, 0.4) is 0 Å². The fourth-order valence-corrected chi connectivity index (χ4v) is 3.80. The van der Waals surface area contributed by atoms with Crippen molar-refractivity contribution in [3.05, 3.63) is 70.4 Å². The van der Waals surface area contributed by atoms with E-state index in [0.717, 1.165) is 18.8 Å². The Balaban J connectivity index is 1.27. The molecule has 1 aliphatic heterocycles.